The third-order valence-corrected chi connectivity index (χ3v) is 3.21. The molecule has 1 aromatic heterocycles. The van der Waals surface area contributed by atoms with Gasteiger partial charge in [-0.1, -0.05) is 11.6 Å². The fourth-order valence-corrected chi connectivity index (χ4v) is 2.18. The average molecular weight is 263 g/mol. The van der Waals surface area contributed by atoms with Crippen LogP contribution in [0.15, 0.2) is 18.3 Å². The lowest BCUT2D eigenvalue weighted by molar-refractivity contribution is 0.203. The fraction of sp³-hybridized carbons (Fsp3) is 0.545. The molecule has 16 heavy (non-hydrogen) atoms. The predicted octanol–water partition coefficient (Wildman–Crippen LogP) is 2.37. The monoisotopic (exact) mass is 262 g/mol. The maximum atomic E-state index is 9.04. The molecule has 1 N–H and O–H groups in total. The van der Waals surface area contributed by atoms with Crippen molar-refractivity contribution in [2.24, 2.45) is 5.92 Å². The summed E-state index contributed by atoms with van der Waals surface area (Å²) in [5.41, 5.74) is 0. The number of nitrogens with zero attached hydrogens (tertiary/aromatic N) is 2. The molecule has 1 fully saturated rings. The lowest BCUT2D eigenvalue weighted by Crippen LogP contribution is -2.35. The van der Waals surface area contributed by atoms with E-state index in [1.807, 2.05) is 12.1 Å². The van der Waals surface area contributed by atoms with Crippen molar-refractivity contribution in [2.45, 2.75) is 12.8 Å². The average Bonchev–Trinajstić information content (AvgIpc) is 2.30. The summed E-state index contributed by atoms with van der Waals surface area (Å²) in [6.45, 7) is 2.16. The Morgan fingerprint density at radius 2 is 2.12 bits per heavy atom. The molecular weight excluding hydrogens is 247 g/mol. The van der Waals surface area contributed by atoms with E-state index in [0.717, 1.165) is 31.7 Å². The number of aliphatic hydroxyl groups excluding tert-OH is 1. The van der Waals surface area contributed by atoms with Crippen molar-refractivity contribution in [1.82, 2.24) is 4.98 Å². The van der Waals surface area contributed by atoms with Gasteiger partial charge < -0.3 is 10.0 Å². The summed E-state index contributed by atoms with van der Waals surface area (Å²) < 4.78 is 0. The molecule has 0 amide bonds. The van der Waals surface area contributed by atoms with Crippen molar-refractivity contribution in [3.05, 3.63) is 23.4 Å². The number of pyridine rings is 1. The van der Waals surface area contributed by atoms with Gasteiger partial charge in [0.25, 0.3) is 0 Å². The van der Waals surface area contributed by atoms with Crippen LogP contribution in [0, 0.1) is 5.92 Å². The van der Waals surface area contributed by atoms with Crippen molar-refractivity contribution in [1.29, 1.82) is 0 Å². The molecule has 0 aliphatic carbocycles. The van der Waals surface area contributed by atoms with Gasteiger partial charge in [-0.05, 0) is 30.9 Å². The summed E-state index contributed by atoms with van der Waals surface area (Å²) in [6, 6.07) is 3.70. The molecule has 0 radical (unpaired) electrons. The summed E-state index contributed by atoms with van der Waals surface area (Å²) in [5, 5.41) is 9.75. The van der Waals surface area contributed by atoms with E-state index in [-0.39, 0.29) is 12.4 Å². The van der Waals surface area contributed by atoms with E-state index in [1.165, 1.54) is 0 Å². The fourth-order valence-electron chi connectivity index (χ4n) is 1.94. The zero-order chi connectivity index (χ0) is 10.7. The van der Waals surface area contributed by atoms with Gasteiger partial charge in [0, 0.05) is 25.9 Å². The van der Waals surface area contributed by atoms with E-state index in [1.54, 1.807) is 6.20 Å². The van der Waals surface area contributed by atoms with Crippen LogP contribution in [0.3, 0.4) is 0 Å². The topological polar surface area (TPSA) is 36.4 Å². The quantitative estimate of drug-likeness (QED) is 0.889. The molecule has 90 valence electrons. The first kappa shape index (κ1) is 13.6. The molecule has 5 heteroatoms. The number of rotatable bonds is 2. The highest BCUT2D eigenvalue weighted by Gasteiger charge is 2.20. The minimum atomic E-state index is 0. The molecule has 1 aromatic rings. The van der Waals surface area contributed by atoms with Crippen molar-refractivity contribution in [2.75, 3.05) is 24.6 Å². The Morgan fingerprint density at radius 3 is 2.69 bits per heavy atom. The van der Waals surface area contributed by atoms with Gasteiger partial charge in [0.1, 0.15) is 5.82 Å². The van der Waals surface area contributed by atoms with Crippen LogP contribution in [0.4, 0.5) is 5.82 Å². The molecule has 0 aromatic carbocycles. The minimum Gasteiger partial charge on any atom is -0.396 e. The SMILES string of the molecule is Cl.OCC1CCN(c2ncccc2Cl)CC1. The maximum absolute atomic E-state index is 9.04. The molecule has 1 aliphatic rings. The van der Waals surface area contributed by atoms with Crippen LogP contribution < -0.4 is 4.90 Å². The predicted molar refractivity (Wildman–Crippen MR) is 68.5 cm³/mol. The number of halogens is 2. The molecule has 0 bridgehead atoms. The van der Waals surface area contributed by atoms with Crippen molar-refractivity contribution >= 4 is 29.8 Å². The lowest BCUT2D eigenvalue weighted by Gasteiger charge is -2.32. The molecule has 0 atom stereocenters. The lowest BCUT2D eigenvalue weighted by atomic mass is 9.98. The second-order valence-corrected chi connectivity index (χ2v) is 4.33. The first-order valence-corrected chi connectivity index (χ1v) is 5.65. The third kappa shape index (κ3) is 3.00. The largest absolute Gasteiger partial charge is 0.396 e. The van der Waals surface area contributed by atoms with Crippen molar-refractivity contribution < 1.29 is 5.11 Å². The van der Waals surface area contributed by atoms with E-state index >= 15 is 0 Å². The van der Waals surface area contributed by atoms with E-state index < -0.39 is 0 Å². The number of piperidine rings is 1. The summed E-state index contributed by atoms with van der Waals surface area (Å²) in [5.74, 6) is 1.32. The maximum Gasteiger partial charge on any atom is 0.147 e. The molecule has 0 unspecified atom stereocenters. The zero-order valence-corrected chi connectivity index (χ0v) is 10.5. The van der Waals surface area contributed by atoms with Gasteiger partial charge in [0.15, 0.2) is 0 Å². The van der Waals surface area contributed by atoms with Crippen LogP contribution in [0.5, 0.6) is 0 Å². The Bertz CT molecular complexity index is 328. The minimum absolute atomic E-state index is 0. The summed E-state index contributed by atoms with van der Waals surface area (Å²) in [7, 11) is 0. The first-order chi connectivity index (χ1) is 7.31. The second-order valence-electron chi connectivity index (χ2n) is 3.92. The number of hydrogen-bond acceptors (Lipinski definition) is 3. The Labute approximate surface area is 107 Å². The van der Waals surface area contributed by atoms with Gasteiger partial charge in [-0.3, -0.25) is 0 Å². The molecule has 1 aliphatic heterocycles. The van der Waals surface area contributed by atoms with Gasteiger partial charge in [-0.2, -0.15) is 0 Å². The van der Waals surface area contributed by atoms with E-state index in [2.05, 4.69) is 9.88 Å². The van der Waals surface area contributed by atoms with Crippen LogP contribution in [-0.4, -0.2) is 29.8 Å². The number of aromatic nitrogens is 1. The standard InChI is InChI=1S/C11H15ClN2O.ClH/c12-10-2-1-5-13-11(10)14-6-3-9(8-15)4-7-14;/h1-2,5,9,15H,3-4,6-8H2;1H. The molecular formula is C11H16Cl2N2O. The number of aliphatic hydroxyl groups is 1. The number of anilines is 1. The molecule has 2 heterocycles. The summed E-state index contributed by atoms with van der Waals surface area (Å²) >= 11 is 6.07. The normalized spacial score (nSPS) is 17.0. The highest BCUT2D eigenvalue weighted by molar-refractivity contribution is 6.32. The van der Waals surface area contributed by atoms with Gasteiger partial charge in [0.05, 0.1) is 5.02 Å². The highest BCUT2D eigenvalue weighted by Crippen LogP contribution is 2.26. The van der Waals surface area contributed by atoms with Crippen LogP contribution in [0.2, 0.25) is 5.02 Å². The Morgan fingerprint density at radius 1 is 1.44 bits per heavy atom. The Balaban J connectivity index is 0.00000128. The third-order valence-electron chi connectivity index (χ3n) is 2.91. The first-order valence-electron chi connectivity index (χ1n) is 5.27. The van der Waals surface area contributed by atoms with Crippen molar-refractivity contribution in [3.8, 4) is 0 Å². The smallest absolute Gasteiger partial charge is 0.147 e. The highest BCUT2D eigenvalue weighted by atomic mass is 35.5. The van der Waals surface area contributed by atoms with Crippen LogP contribution in [-0.2, 0) is 0 Å². The van der Waals surface area contributed by atoms with Crippen LogP contribution in [0.25, 0.3) is 0 Å². The van der Waals surface area contributed by atoms with Crippen LogP contribution in [0.1, 0.15) is 12.8 Å². The molecule has 0 spiro atoms. The molecule has 1 saturated heterocycles. The van der Waals surface area contributed by atoms with Crippen LogP contribution >= 0.6 is 24.0 Å². The van der Waals surface area contributed by atoms with Gasteiger partial charge in [0.2, 0.25) is 0 Å². The van der Waals surface area contributed by atoms with E-state index in [4.69, 9.17) is 16.7 Å². The molecule has 2 rings (SSSR count). The van der Waals surface area contributed by atoms with Crippen molar-refractivity contribution in [3.63, 3.8) is 0 Å². The molecule has 0 saturated carbocycles. The number of hydrogen-bond donors (Lipinski definition) is 1. The zero-order valence-electron chi connectivity index (χ0n) is 8.97. The summed E-state index contributed by atoms with van der Waals surface area (Å²) in [4.78, 5) is 6.47. The molecule has 3 nitrogen and oxygen atoms in total. The van der Waals surface area contributed by atoms with E-state index in [9.17, 15) is 0 Å². The van der Waals surface area contributed by atoms with Gasteiger partial charge >= 0.3 is 0 Å². The Kier molecular flexibility index (Phi) is 5.32. The summed E-state index contributed by atoms with van der Waals surface area (Å²) in [6.07, 6.45) is 3.80. The Hall–Kier alpha value is -0.510. The van der Waals surface area contributed by atoms with Gasteiger partial charge in [-0.25, -0.2) is 4.98 Å². The second kappa shape index (κ2) is 6.28. The van der Waals surface area contributed by atoms with Gasteiger partial charge in [-0.15, -0.1) is 12.4 Å². The van der Waals surface area contributed by atoms with E-state index in [0.29, 0.717) is 17.5 Å².